The van der Waals surface area contributed by atoms with Gasteiger partial charge in [-0.1, -0.05) is 188 Å². The van der Waals surface area contributed by atoms with Gasteiger partial charge in [0.15, 0.2) is 5.82 Å². The molecule has 9 aromatic carbocycles. The van der Waals surface area contributed by atoms with Crippen molar-refractivity contribution < 1.29 is 4.42 Å². The Balaban J connectivity index is 1.06. The first-order valence-corrected chi connectivity index (χ1v) is 21.6. The molecule has 1 atom stereocenters. The van der Waals surface area contributed by atoms with Crippen LogP contribution in [0.15, 0.2) is 229 Å². The highest BCUT2D eigenvalue weighted by Crippen LogP contribution is 2.53. The van der Waals surface area contributed by atoms with Gasteiger partial charge >= 0.3 is 0 Å². The quantitative estimate of drug-likeness (QED) is 0.161. The minimum absolute atomic E-state index is 0.335. The Morgan fingerprint density at radius 1 is 0.349 bits per heavy atom. The number of rotatable bonds is 7. The fourth-order valence-electron chi connectivity index (χ4n) is 9.75. The van der Waals surface area contributed by atoms with Crippen molar-refractivity contribution in [1.29, 1.82) is 0 Å². The van der Waals surface area contributed by atoms with E-state index in [2.05, 4.69) is 213 Å². The topological polar surface area (TPSA) is 38.9 Å². The first-order valence-electron chi connectivity index (χ1n) is 21.6. The van der Waals surface area contributed by atoms with Crippen LogP contribution in [0.1, 0.15) is 23.6 Å². The SMILES string of the molecule is CC1(c2ccccc2)c2ccccc2-c2ccc(-c3cc(-c4cc(-c5ccc(-c6ccccc6)cc5)cc(-c5cccc6c5oc5ccccc56)c4)nc(-c4ccccc4)n3)cc21. The summed E-state index contributed by atoms with van der Waals surface area (Å²) < 4.78 is 6.63. The molecule has 0 N–H and O–H groups in total. The van der Waals surface area contributed by atoms with Crippen LogP contribution in [-0.2, 0) is 5.41 Å². The van der Waals surface area contributed by atoms with Crippen LogP contribution in [-0.4, -0.2) is 9.97 Å². The van der Waals surface area contributed by atoms with E-state index < -0.39 is 0 Å². The summed E-state index contributed by atoms with van der Waals surface area (Å²) in [7, 11) is 0. The average Bonchev–Trinajstić information content (AvgIpc) is 3.87. The standard InChI is InChI=1S/C60H40N2O/c1-60(47-20-9-4-10-21-47)53-26-13-11-22-49(53)50-33-32-43(37-54(50)60)55-38-56(62-59(61-55)42-18-7-3-8-19-42)46-35-44(41-30-28-40(29-31-41)39-16-5-2-6-17-39)34-45(36-46)48-24-15-25-52-51-23-12-14-27-57(51)63-58(48)52/h2-38H,1H3. The molecule has 0 spiro atoms. The van der Waals surface area contributed by atoms with Crippen LogP contribution in [0.5, 0.6) is 0 Å². The minimum Gasteiger partial charge on any atom is -0.455 e. The number of aromatic nitrogens is 2. The molecule has 2 aromatic heterocycles. The molecule has 0 amide bonds. The summed E-state index contributed by atoms with van der Waals surface area (Å²) >= 11 is 0. The van der Waals surface area contributed by atoms with Crippen molar-refractivity contribution in [3.63, 3.8) is 0 Å². The van der Waals surface area contributed by atoms with E-state index in [9.17, 15) is 0 Å². The fourth-order valence-corrected chi connectivity index (χ4v) is 9.75. The number of benzene rings is 9. The highest BCUT2D eigenvalue weighted by molar-refractivity contribution is 6.10. The van der Waals surface area contributed by atoms with Gasteiger partial charge in [-0.2, -0.15) is 0 Å². The molecule has 2 heterocycles. The summed E-state index contributed by atoms with van der Waals surface area (Å²) in [6, 6.07) is 80.0. The van der Waals surface area contributed by atoms with Crippen molar-refractivity contribution in [1.82, 2.24) is 9.97 Å². The number of nitrogens with zero attached hydrogens (tertiary/aromatic N) is 2. The Labute approximate surface area is 366 Å². The molecule has 3 heteroatoms. The molecule has 296 valence electrons. The van der Waals surface area contributed by atoms with Gasteiger partial charge in [0.2, 0.25) is 0 Å². The second-order valence-electron chi connectivity index (χ2n) is 16.6. The maximum Gasteiger partial charge on any atom is 0.160 e. The molecule has 0 fully saturated rings. The van der Waals surface area contributed by atoms with Gasteiger partial charge in [0, 0.05) is 38.4 Å². The molecule has 1 aliphatic rings. The van der Waals surface area contributed by atoms with Crippen LogP contribution in [0.25, 0.3) is 100 Å². The second-order valence-corrected chi connectivity index (χ2v) is 16.6. The van der Waals surface area contributed by atoms with Crippen LogP contribution in [0.4, 0.5) is 0 Å². The summed E-state index contributed by atoms with van der Waals surface area (Å²) in [4.78, 5) is 10.7. The predicted molar refractivity (Wildman–Crippen MR) is 259 cm³/mol. The van der Waals surface area contributed by atoms with Gasteiger partial charge in [-0.05, 0) is 99.0 Å². The molecule has 12 rings (SSSR count). The smallest absolute Gasteiger partial charge is 0.160 e. The largest absolute Gasteiger partial charge is 0.455 e. The third kappa shape index (κ3) is 6.20. The Morgan fingerprint density at radius 2 is 0.889 bits per heavy atom. The number of para-hydroxylation sites is 2. The monoisotopic (exact) mass is 804 g/mol. The Bertz CT molecular complexity index is 3500. The van der Waals surface area contributed by atoms with Gasteiger partial charge in [-0.3, -0.25) is 0 Å². The van der Waals surface area contributed by atoms with Crippen LogP contribution < -0.4 is 0 Å². The molecule has 0 saturated carbocycles. The number of fused-ring (bicyclic) bond motifs is 6. The van der Waals surface area contributed by atoms with Crippen molar-refractivity contribution in [3.05, 3.63) is 241 Å². The van der Waals surface area contributed by atoms with E-state index in [0.29, 0.717) is 5.82 Å². The van der Waals surface area contributed by atoms with E-state index in [1.807, 2.05) is 18.2 Å². The molecule has 0 bridgehead atoms. The number of hydrogen-bond donors (Lipinski definition) is 0. The van der Waals surface area contributed by atoms with E-state index in [0.717, 1.165) is 72.3 Å². The maximum atomic E-state index is 6.63. The van der Waals surface area contributed by atoms with Gasteiger partial charge < -0.3 is 4.42 Å². The van der Waals surface area contributed by atoms with Crippen molar-refractivity contribution in [2.24, 2.45) is 0 Å². The lowest BCUT2D eigenvalue weighted by atomic mass is 9.74. The lowest BCUT2D eigenvalue weighted by Crippen LogP contribution is -2.22. The van der Waals surface area contributed by atoms with Crippen molar-refractivity contribution in [2.45, 2.75) is 12.3 Å². The highest BCUT2D eigenvalue weighted by Gasteiger charge is 2.40. The van der Waals surface area contributed by atoms with E-state index in [-0.39, 0.29) is 5.41 Å². The Morgan fingerprint density at radius 3 is 1.67 bits per heavy atom. The van der Waals surface area contributed by atoms with Gasteiger partial charge in [0.05, 0.1) is 11.4 Å². The normalized spacial score (nSPS) is 14.2. The number of hydrogen-bond acceptors (Lipinski definition) is 3. The first kappa shape index (κ1) is 36.7. The van der Waals surface area contributed by atoms with Crippen LogP contribution in [0.2, 0.25) is 0 Å². The van der Waals surface area contributed by atoms with Gasteiger partial charge in [0.1, 0.15) is 11.2 Å². The van der Waals surface area contributed by atoms with Gasteiger partial charge in [-0.25, -0.2) is 9.97 Å². The second kappa shape index (κ2) is 14.8. The molecule has 1 aliphatic carbocycles. The van der Waals surface area contributed by atoms with Crippen molar-refractivity contribution in [3.8, 4) is 78.4 Å². The molecule has 0 aliphatic heterocycles. The van der Waals surface area contributed by atoms with E-state index in [4.69, 9.17) is 14.4 Å². The molecule has 11 aromatic rings. The lowest BCUT2D eigenvalue weighted by Gasteiger charge is -2.28. The Kier molecular flexibility index (Phi) is 8.62. The van der Waals surface area contributed by atoms with E-state index >= 15 is 0 Å². The maximum absolute atomic E-state index is 6.63. The minimum atomic E-state index is -0.335. The van der Waals surface area contributed by atoms with E-state index in [1.165, 1.54) is 38.9 Å². The fraction of sp³-hybridized carbons (Fsp3) is 0.0333. The molecule has 63 heavy (non-hydrogen) atoms. The number of furan rings is 1. The zero-order valence-corrected chi connectivity index (χ0v) is 34.7. The molecule has 0 saturated heterocycles. The molecular formula is C60H40N2O. The summed E-state index contributed by atoms with van der Waals surface area (Å²) in [5.41, 5.74) is 19.2. The average molecular weight is 805 g/mol. The molecule has 1 unspecified atom stereocenters. The third-order valence-electron chi connectivity index (χ3n) is 13.0. The third-order valence-corrected chi connectivity index (χ3v) is 13.0. The summed E-state index contributed by atoms with van der Waals surface area (Å²) in [6.45, 7) is 2.36. The zero-order chi connectivity index (χ0) is 41.9. The molecule has 3 nitrogen and oxygen atoms in total. The summed E-state index contributed by atoms with van der Waals surface area (Å²) in [5.74, 6) is 0.677. The summed E-state index contributed by atoms with van der Waals surface area (Å²) in [5, 5.41) is 2.20. The molecular weight excluding hydrogens is 765 g/mol. The predicted octanol–water partition coefficient (Wildman–Crippen LogP) is 15.7. The van der Waals surface area contributed by atoms with E-state index in [1.54, 1.807) is 0 Å². The highest BCUT2D eigenvalue weighted by atomic mass is 16.3. The first-order chi connectivity index (χ1) is 31.1. The zero-order valence-electron chi connectivity index (χ0n) is 34.7. The Hall–Kier alpha value is -8.14. The molecule has 0 radical (unpaired) electrons. The van der Waals surface area contributed by atoms with Gasteiger partial charge in [0.25, 0.3) is 0 Å². The van der Waals surface area contributed by atoms with Crippen LogP contribution >= 0.6 is 0 Å². The summed E-state index contributed by atoms with van der Waals surface area (Å²) in [6.07, 6.45) is 0. The van der Waals surface area contributed by atoms with Crippen LogP contribution in [0, 0.1) is 0 Å². The van der Waals surface area contributed by atoms with Crippen molar-refractivity contribution in [2.75, 3.05) is 0 Å². The van der Waals surface area contributed by atoms with Crippen molar-refractivity contribution >= 4 is 21.9 Å². The van der Waals surface area contributed by atoms with Gasteiger partial charge in [-0.15, -0.1) is 0 Å². The lowest BCUT2D eigenvalue weighted by molar-refractivity contribution is 0.670. The van der Waals surface area contributed by atoms with Crippen LogP contribution in [0.3, 0.4) is 0 Å².